The first-order valence-electron chi connectivity index (χ1n) is 6.38. The normalized spacial score (nSPS) is 12.8. The number of nitrogens with one attached hydrogen (secondary N) is 1. The molecule has 0 aliphatic carbocycles. The summed E-state index contributed by atoms with van der Waals surface area (Å²) in [4.78, 5) is 13.3. The Kier molecular flexibility index (Phi) is 10.1. The lowest BCUT2D eigenvalue weighted by atomic mass is 10.1. The van der Waals surface area contributed by atoms with Crippen molar-refractivity contribution in [1.29, 1.82) is 0 Å². The molecule has 1 unspecified atom stereocenters. The summed E-state index contributed by atoms with van der Waals surface area (Å²) in [7, 11) is 1.73. The number of methoxy groups -OCH3 is 1. The van der Waals surface area contributed by atoms with Gasteiger partial charge in [-0.3, -0.25) is 15.1 Å². The minimum Gasteiger partial charge on any atom is -0.383 e. The first-order valence-corrected chi connectivity index (χ1v) is 6.38. The van der Waals surface area contributed by atoms with Crippen molar-refractivity contribution in [2.75, 3.05) is 26.8 Å². The van der Waals surface area contributed by atoms with Gasteiger partial charge in [-0.1, -0.05) is 13.3 Å². The van der Waals surface area contributed by atoms with E-state index in [-0.39, 0.29) is 5.91 Å². The van der Waals surface area contributed by atoms with Crippen LogP contribution in [-0.2, 0) is 9.53 Å². The van der Waals surface area contributed by atoms with Gasteiger partial charge in [0.1, 0.15) is 0 Å². The van der Waals surface area contributed by atoms with Crippen LogP contribution < -0.4 is 11.3 Å². The van der Waals surface area contributed by atoms with E-state index in [1.807, 2.05) is 0 Å². The van der Waals surface area contributed by atoms with E-state index in [9.17, 15) is 4.79 Å². The van der Waals surface area contributed by atoms with Crippen LogP contribution in [0.4, 0.5) is 0 Å². The molecular weight excluding hydrogens is 218 g/mol. The van der Waals surface area contributed by atoms with Gasteiger partial charge < -0.3 is 4.74 Å². The number of hydrazine groups is 1. The van der Waals surface area contributed by atoms with E-state index in [2.05, 4.69) is 24.2 Å². The molecule has 5 nitrogen and oxygen atoms in total. The minimum absolute atomic E-state index is 0.0786. The standard InChI is InChI=1S/C12H27N3O2/c1-4-15(11(2)10-17-3)9-7-5-6-8-12(16)14-13/h11H,4-10,13H2,1-3H3,(H,14,16). The number of carbonyl (C=O) groups is 1. The van der Waals surface area contributed by atoms with Crippen LogP contribution >= 0.6 is 0 Å². The maximum Gasteiger partial charge on any atom is 0.233 e. The second-order valence-electron chi connectivity index (χ2n) is 4.31. The summed E-state index contributed by atoms with van der Waals surface area (Å²) in [5.41, 5.74) is 2.14. The predicted molar refractivity (Wildman–Crippen MR) is 69.4 cm³/mol. The van der Waals surface area contributed by atoms with Crippen LogP contribution in [0.1, 0.15) is 39.5 Å². The molecule has 0 rings (SSSR count). The highest BCUT2D eigenvalue weighted by Gasteiger charge is 2.10. The molecule has 102 valence electrons. The van der Waals surface area contributed by atoms with Crippen LogP contribution in [0.5, 0.6) is 0 Å². The number of hydrogen-bond donors (Lipinski definition) is 2. The Morgan fingerprint density at radius 1 is 1.41 bits per heavy atom. The topological polar surface area (TPSA) is 67.6 Å². The van der Waals surface area contributed by atoms with Crippen molar-refractivity contribution < 1.29 is 9.53 Å². The van der Waals surface area contributed by atoms with Gasteiger partial charge in [0, 0.05) is 19.6 Å². The van der Waals surface area contributed by atoms with Crippen molar-refractivity contribution in [3.05, 3.63) is 0 Å². The van der Waals surface area contributed by atoms with E-state index in [0.29, 0.717) is 12.5 Å². The van der Waals surface area contributed by atoms with Gasteiger partial charge in [0.05, 0.1) is 6.61 Å². The van der Waals surface area contributed by atoms with Crippen molar-refractivity contribution >= 4 is 5.91 Å². The minimum atomic E-state index is -0.0786. The molecule has 0 heterocycles. The largest absolute Gasteiger partial charge is 0.383 e. The molecule has 0 aromatic heterocycles. The summed E-state index contributed by atoms with van der Waals surface area (Å²) in [5, 5.41) is 0. The third-order valence-corrected chi connectivity index (χ3v) is 2.95. The molecule has 17 heavy (non-hydrogen) atoms. The highest BCUT2D eigenvalue weighted by molar-refractivity contribution is 5.74. The molecule has 0 fully saturated rings. The lowest BCUT2D eigenvalue weighted by Crippen LogP contribution is -2.36. The fourth-order valence-corrected chi connectivity index (χ4v) is 1.89. The highest BCUT2D eigenvalue weighted by Crippen LogP contribution is 2.05. The van der Waals surface area contributed by atoms with Gasteiger partial charge in [-0.25, -0.2) is 5.84 Å². The molecule has 0 bridgehead atoms. The summed E-state index contributed by atoms with van der Waals surface area (Å²) < 4.78 is 5.15. The fraction of sp³-hybridized carbons (Fsp3) is 0.917. The molecular formula is C12H27N3O2. The number of amides is 1. The van der Waals surface area contributed by atoms with Crippen molar-refractivity contribution in [3.63, 3.8) is 0 Å². The maximum absolute atomic E-state index is 10.9. The molecule has 0 radical (unpaired) electrons. The van der Waals surface area contributed by atoms with Crippen molar-refractivity contribution in [2.45, 2.75) is 45.6 Å². The van der Waals surface area contributed by atoms with Gasteiger partial charge in [0.15, 0.2) is 0 Å². The Hall–Kier alpha value is -0.650. The van der Waals surface area contributed by atoms with Crippen LogP contribution in [0.25, 0.3) is 0 Å². The zero-order chi connectivity index (χ0) is 13.1. The van der Waals surface area contributed by atoms with Crippen LogP contribution in [0.15, 0.2) is 0 Å². The zero-order valence-electron chi connectivity index (χ0n) is 11.4. The second-order valence-corrected chi connectivity index (χ2v) is 4.31. The molecule has 0 aromatic rings. The number of nitrogens with zero attached hydrogens (tertiary/aromatic N) is 1. The van der Waals surface area contributed by atoms with Gasteiger partial charge in [0.2, 0.25) is 5.91 Å². The summed E-state index contributed by atoms with van der Waals surface area (Å²) in [6, 6.07) is 0.456. The average molecular weight is 245 g/mol. The fourth-order valence-electron chi connectivity index (χ4n) is 1.89. The van der Waals surface area contributed by atoms with Gasteiger partial charge in [-0.15, -0.1) is 0 Å². The summed E-state index contributed by atoms with van der Waals surface area (Å²) in [6.45, 7) is 7.20. The van der Waals surface area contributed by atoms with Crippen molar-refractivity contribution in [2.24, 2.45) is 5.84 Å². The Balaban J connectivity index is 3.59. The van der Waals surface area contributed by atoms with E-state index in [0.717, 1.165) is 39.0 Å². The number of ether oxygens (including phenoxy) is 1. The van der Waals surface area contributed by atoms with Crippen molar-refractivity contribution in [3.8, 4) is 0 Å². The molecule has 0 saturated carbocycles. The monoisotopic (exact) mass is 245 g/mol. The number of hydrogen-bond acceptors (Lipinski definition) is 4. The number of likely N-dealkylation sites (N-methyl/N-ethyl adjacent to an activating group) is 1. The van der Waals surface area contributed by atoms with Gasteiger partial charge >= 0.3 is 0 Å². The third kappa shape index (κ3) is 8.12. The summed E-state index contributed by atoms with van der Waals surface area (Å²) in [6.07, 6.45) is 3.60. The zero-order valence-corrected chi connectivity index (χ0v) is 11.4. The summed E-state index contributed by atoms with van der Waals surface area (Å²) in [5.74, 6) is 4.93. The van der Waals surface area contributed by atoms with E-state index >= 15 is 0 Å². The van der Waals surface area contributed by atoms with Gasteiger partial charge in [-0.05, 0) is 32.9 Å². The van der Waals surface area contributed by atoms with E-state index in [1.54, 1.807) is 7.11 Å². The van der Waals surface area contributed by atoms with E-state index in [1.165, 1.54) is 0 Å². The number of nitrogens with two attached hydrogens (primary N) is 1. The number of carbonyl (C=O) groups excluding carboxylic acids is 1. The smallest absolute Gasteiger partial charge is 0.233 e. The van der Waals surface area contributed by atoms with Crippen LogP contribution in [0.3, 0.4) is 0 Å². The molecule has 3 N–H and O–H groups in total. The third-order valence-electron chi connectivity index (χ3n) is 2.95. The van der Waals surface area contributed by atoms with Gasteiger partial charge in [-0.2, -0.15) is 0 Å². The molecule has 5 heteroatoms. The van der Waals surface area contributed by atoms with Crippen LogP contribution in [0, 0.1) is 0 Å². The lowest BCUT2D eigenvalue weighted by molar-refractivity contribution is -0.121. The Labute approximate surface area is 105 Å². The Morgan fingerprint density at radius 3 is 2.65 bits per heavy atom. The summed E-state index contributed by atoms with van der Waals surface area (Å²) >= 11 is 0. The first kappa shape index (κ1) is 16.4. The molecule has 0 aliphatic heterocycles. The predicted octanol–water partition coefficient (Wildman–Crippen LogP) is 0.894. The molecule has 1 amide bonds. The molecule has 0 aliphatic rings. The average Bonchev–Trinajstić information content (AvgIpc) is 2.33. The van der Waals surface area contributed by atoms with Gasteiger partial charge in [0.25, 0.3) is 0 Å². The Morgan fingerprint density at radius 2 is 2.12 bits per heavy atom. The van der Waals surface area contributed by atoms with E-state index in [4.69, 9.17) is 10.6 Å². The Bertz CT molecular complexity index is 200. The maximum atomic E-state index is 10.9. The molecule has 0 saturated heterocycles. The molecule has 0 aromatic carbocycles. The number of rotatable bonds is 10. The van der Waals surface area contributed by atoms with Crippen LogP contribution in [-0.4, -0.2) is 43.7 Å². The first-order chi connectivity index (χ1) is 8.15. The van der Waals surface area contributed by atoms with Crippen molar-refractivity contribution in [1.82, 2.24) is 10.3 Å². The SMILES string of the molecule is CCN(CCCCCC(=O)NN)C(C)COC. The number of unbranched alkanes of at least 4 members (excludes halogenated alkanes) is 2. The quantitative estimate of drug-likeness (QED) is 0.260. The molecule has 0 spiro atoms. The van der Waals surface area contributed by atoms with E-state index < -0.39 is 0 Å². The second kappa shape index (κ2) is 10.5. The van der Waals surface area contributed by atoms with Crippen LogP contribution in [0.2, 0.25) is 0 Å². The lowest BCUT2D eigenvalue weighted by Gasteiger charge is -2.27. The molecule has 1 atom stereocenters. The highest BCUT2D eigenvalue weighted by atomic mass is 16.5.